The average molecular weight is 305 g/mol. The normalized spacial score (nSPS) is 21.4. The number of hydrogen-bond acceptors (Lipinski definition) is 2. The van der Waals surface area contributed by atoms with Crippen molar-refractivity contribution in [2.24, 2.45) is 0 Å². The molecular formula is C20H36N2. The van der Waals surface area contributed by atoms with Gasteiger partial charge < -0.3 is 4.90 Å². The molecule has 0 spiro atoms. The lowest BCUT2D eigenvalue weighted by Gasteiger charge is -2.29. The van der Waals surface area contributed by atoms with E-state index in [1.807, 2.05) is 33.9 Å². The summed E-state index contributed by atoms with van der Waals surface area (Å²) in [4.78, 5) is 7.36. The molecule has 2 aliphatic rings. The van der Waals surface area contributed by atoms with E-state index in [0.29, 0.717) is 0 Å². The number of aryl methyl sites for hydroxylation is 3. The van der Waals surface area contributed by atoms with Gasteiger partial charge >= 0.3 is 0 Å². The Bertz CT molecular complexity index is 408. The lowest BCUT2D eigenvalue weighted by atomic mass is 9.92. The average Bonchev–Trinajstić information content (AvgIpc) is 3.07. The predicted molar refractivity (Wildman–Crippen MR) is 97.5 cm³/mol. The van der Waals surface area contributed by atoms with Crippen LogP contribution < -0.4 is 0 Å². The van der Waals surface area contributed by atoms with Crippen LogP contribution in [-0.2, 0) is 12.8 Å². The molecule has 1 atom stereocenters. The fourth-order valence-corrected chi connectivity index (χ4v) is 3.54. The summed E-state index contributed by atoms with van der Waals surface area (Å²) in [6.07, 6.45) is 11.3. The quantitative estimate of drug-likeness (QED) is 0.711. The maximum atomic E-state index is 4.63. The van der Waals surface area contributed by atoms with Crippen molar-refractivity contribution in [1.82, 2.24) is 9.88 Å². The Morgan fingerprint density at radius 3 is 2.32 bits per heavy atom. The molecular weight excluding hydrogens is 268 g/mol. The molecule has 0 aromatic carbocycles. The molecule has 1 saturated heterocycles. The van der Waals surface area contributed by atoms with Crippen molar-refractivity contribution in [2.75, 3.05) is 13.1 Å². The first kappa shape index (κ1) is 19.2. The van der Waals surface area contributed by atoms with Crippen LogP contribution in [0.25, 0.3) is 0 Å². The van der Waals surface area contributed by atoms with E-state index in [1.165, 1.54) is 74.9 Å². The van der Waals surface area contributed by atoms with Crippen molar-refractivity contribution in [1.29, 1.82) is 0 Å². The zero-order valence-electron chi connectivity index (χ0n) is 15.5. The molecule has 126 valence electrons. The minimum absolute atomic E-state index is 0.834. The second kappa shape index (κ2) is 10.8. The van der Waals surface area contributed by atoms with E-state index in [-0.39, 0.29) is 0 Å². The first-order chi connectivity index (χ1) is 10.8. The summed E-state index contributed by atoms with van der Waals surface area (Å²) in [5, 5.41) is 0. The Morgan fingerprint density at radius 2 is 1.64 bits per heavy atom. The van der Waals surface area contributed by atoms with Gasteiger partial charge in [0, 0.05) is 17.9 Å². The smallest absolute Gasteiger partial charge is 0.0435 e. The van der Waals surface area contributed by atoms with Gasteiger partial charge in [-0.1, -0.05) is 33.8 Å². The maximum Gasteiger partial charge on any atom is 0.0435 e. The van der Waals surface area contributed by atoms with Crippen molar-refractivity contribution in [3.05, 3.63) is 29.1 Å². The SMILES string of the molecule is CC.CC.Cc1cnc2c(c1)CCC(N1CCCC1)CCC2. The predicted octanol–water partition coefficient (Wildman–Crippen LogP) is 5.18. The molecule has 1 aliphatic carbocycles. The van der Waals surface area contributed by atoms with Crippen LogP contribution in [0.4, 0.5) is 0 Å². The van der Waals surface area contributed by atoms with Gasteiger partial charge in [-0.2, -0.15) is 0 Å². The second-order valence-corrected chi connectivity index (χ2v) is 5.95. The summed E-state index contributed by atoms with van der Waals surface area (Å²) in [7, 11) is 0. The Morgan fingerprint density at radius 1 is 0.955 bits per heavy atom. The fraction of sp³-hybridized carbons (Fsp3) is 0.750. The zero-order valence-corrected chi connectivity index (χ0v) is 15.5. The third kappa shape index (κ3) is 5.39. The third-order valence-electron chi connectivity index (χ3n) is 4.55. The lowest BCUT2D eigenvalue weighted by molar-refractivity contribution is 0.213. The standard InChI is InChI=1S/C16H24N2.2C2H6/c1-13-11-14-7-8-15(18-9-2-3-10-18)5-4-6-16(14)17-12-13;2*1-2/h11-12,15H,2-10H2,1H3;2*1-2H3. The summed E-state index contributed by atoms with van der Waals surface area (Å²) in [5.74, 6) is 0. The Balaban J connectivity index is 0.000000561. The highest BCUT2D eigenvalue weighted by Crippen LogP contribution is 2.24. The van der Waals surface area contributed by atoms with Crippen LogP contribution in [-0.4, -0.2) is 29.0 Å². The van der Waals surface area contributed by atoms with Crippen molar-refractivity contribution < 1.29 is 0 Å². The van der Waals surface area contributed by atoms with E-state index in [2.05, 4.69) is 22.9 Å². The number of likely N-dealkylation sites (tertiary alicyclic amines) is 1. The molecule has 2 heterocycles. The highest BCUT2D eigenvalue weighted by Gasteiger charge is 2.23. The highest BCUT2D eigenvalue weighted by molar-refractivity contribution is 5.25. The Hall–Kier alpha value is -0.890. The van der Waals surface area contributed by atoms with Crippen LogP contribution in [0.3, 0.4) is 0 Å². The lowest BCUT2D eigenvalue weighted by Crippen LogP contribution is -2.34. The van der Waals surface area contributed by atoms with E-state index in [9.17, 15) is 0 Å². The van der Waals surface area contributed by atoms with Crippen molar-refractivity contribution in [2.45, 2.75) is 85.6 Å². The molecule has 2 heteroatoms. The Labute approximate surface area is 138 Å². The van der Waals surface area contributed by atoms with Gasteiger partial charge in [0.1, 0.15) is 0 Å². The fourth-order valence-electron chi connectivity index (χ4n) is 3.54. The summed E-state index contributed by atoms with van der Waals surface area (Å²) in [6, 6.07) is 3.19. The summed E-state index contributed by atoms with van der Waals surface area (Å²) in [6.45, 7) is 12.8. The van der Waals surface area contributed by atoms with Crippen LogP contribution in [0.1, 0.15) is 76.6 Å². The molecule has 0 radical (unpaired) electrons. The highest BCUT2D eigenvalue weighted by atomic mass is 15.2. The summed E-state index contributed by atoms with van der Waals surface area (Å²) < 4.78 is 0. The molecule has 0 amide bonds. The number of rotatable bonds is 1. The van der Waals surface area contributed by atoms with Gasteiger partial charge in [0.2, 0.25) is 0 Å². The van der Waals surface area contributed by atoms with Crippen LogP contribution in [0.2, 0.25) is 0 Å². The van der Waals surface area contributed by atoms with Gasteiger partial charge in [-0.15, -0.1) is 0 Å². The molecule has 0 saturated carbocycles. The van der Waals surface area contributed by atoms with Crippen LogP contribution in [0.15, 0.2) is 12.3 Å². The van der Waals surface area contributed by atoms with E-state index in [0.717, 1.165) is 6.04 Å². The number of pyridine rings is 1. The summed E-state index contributed by atoms with van der Waals surface area (Å²) >= 11 is 0. The molecule has 3 rings (SSSR count). The van der Waals surface area contributed by atoms with E-state index >= 15 is 0 Å². The van der Waals surface area contributed by atoms with Crippen LogP contribution >= 0.6 is 0 Å². The first-order valence-electron chi connectivity index (χ1n) is 9.51. The van der Waals surface area contributed by atoms with E-state index in [1.54, 1.807) is 0 Å². The van der Waals surface area contributed by atoms with Crippen LogP contribution in [0.5, 0.6) is 0 Å². The number of aromatic nitrogens is 1. The number of nitrogens with zero attached hydrogens (tertiary/aromatic N) is 2. The number of hydrogen-bond donors (Lipinski definition) is 0. The minimum Gasteiger partial charge on any atom is -0.300 e. The largest absolute Gasteiger partial charge is 0.300 e. The topological polar surface area (TPSA) is 16.1 Å². The molecule has 2 nitrogen and oxygen atoms in total. The molecule has 0 bridgehead atoms. The molecule has 0 N–H and O–H groups in total. The first-order valence-corrected chi connectivity index (χ1v) is 9.51. The van der Waals surface area contributed by atoms with E-state index < -0.39 is 0 Å². The second-order valence-electron chi connectivity index (χ2n) is 5.95. The minimum atomic E-state index is 0.834. The van der Waals surface area contributed by atoms with Gasteiger partial charge in [0.25, 0.3) is 0 Å². The monoisotopic (exact) mass is 304 g/mol. The number of fused-ring (bicyclic) bond motifs is 1. The molecule has 1 aromatic rings. The van der Waals surface area contributed by atoms with Gasteiger partial charge in [-0.25, -0.2) is 0 Å². The molecule has 1 aliphatic heterocycles. The Kier molecular flexibility index (Phi) is 9.38. The zero-order chi connectivity index (χ0) is 16.4. The van der Waals surface area contributed by atoms with Crippen LogP contribution in [0, 0.1) is 6.92 Å². The van der Waals surface area contributed by atoms with Crippen molar-refractivity contribution >= 4 is 0 Å². The molecule has 22 heavy (non-hydrogen) atoms. The van der Waals surface area contributed by atoms with Gasteiger partial charge in [-0.3, -0.25) is 4.98 Å². The molecule has 1 unspecified atom stereocenters. The van der Waals surface area contributed by atoms with Gasteiger partial charge in [0.15, 0.2) is 0 Å². The van der Waals surface area contributed by atoms with Gasteiger partial charge in [-0.05, 0) is 76.1 Å². The summed E-state index contributed by atoms with van der Waals surface area (Å²) in [5.41, 5.74) is 4.19. The third-order valence-corrected chi connectivity index (χ3v) is 4.55. The molecule has 1 aromatic heterocycles. The van der Waals surface area contributed by atoms with Crippen molar-refractivity contribution in [3.63, 3.8) is 0 Å². The van der Waals surface area contributed by atoms with Crippen molar-refractivity contribution in [3.8, 4) is 0 Å². The maximum absolute atomic E-state index is 4.63. The molecule has 1 fully saturated rings. The van der Waals surface area contributed by atoms with Gasteiger partial charge in [0.05, 0.1) is 0 Å². The van der Waals surface area contributed by atoms with E-state index in [4.69, 9.17) is 0 Å².